The van der Waals surface area contributed by atoms with Crippen molar-refractivity contribution < 1.29 is 37.3 Å². The predicted molar refractivity (Wildman–Crippen MR) is 140 cm³/mol. The van der Waals surface area contributed by atoms with Crippen molar-refractivity contribution in [1.29, 1.82) is 0 Å². The average molecular weight is 555 g/mol. The summed E-state index contributed by atoms with van der Waals surface area (Å²) in [5.41, 5.74) is 4.20. The van der Waals surface area contributed by atoms with E-state index < -0.39 is 35.2 Å². The minimum atomic E-state index is -4.63. The fourth-order valence-corrected chi connectivity index (χ4v) is 4.01. The monoisotopic (exact) mass is 554 g/mol. The summed E-state index contributed by atoms with van der Waals surface area (Å²) in [6, 6.07) is 18.8. The van der Waals surface area contributed by atoms with Crippen LogP contribution in [0, 0.1) is 0 Å². The van der Waals surface area contributed by atoms with Gasteiger partial charge in [0.05, 0.1) is 18.7 Å². The number of halogens is 3. The van der Waals surface area contributed by atoms with Gasteiger partial charge in [0, 0.05) is 11.1 Å². The molecule has 0 spiro atoms. The van der Waals surface area contributed by atoms with E-state index in [0.29, 0.717) is 22.9 Å². The van der Waals surface area contributed by atoms with Crippen LogP contribution in [0.3, 0.4) is 0 Å². The Morgan fingerprint density at radius 3 is 2.42 bits per heavy atom. The van der Waals surface area contributed by atoms with E-state index in [4.69, 9.17) is 15.2 Å². The minimum absolute atomic E-state index is 0.181. The molecule has 0 saturated carbocycles. The van der Waals surface area contributed by atoms with Crippen molar-refractivity contribution in [2.45, 2.75) is 18.7 Å². The molecule has 0 bridgehead atoms. The number of amides is 1. The maximum absolute atomic E-state index is 13.1. The minimum Gasteiger partial charge on any atom is -0.482 e. The van der Waals surface area contributed by atoms with Gasteiger partial charge in [-0.2, -0.15) is 23.3 Å². The molecule has 1 heterocycles. The summed E-state index contributed by atoms with van der Waals surface area (Å²) in [6.45, 7) is 1.42. The highest BCUT2D eigenvalue weighted by Crippen LogP contribution is 2.34. The molecule has 3 N–H and O–H groups in total. The SMILES string of the molecule is CCOC(=O)COc1ccc(C2=NN(C(N)=NC(=O)c3cccc(C(F)(F)F)c3)CC2(O)c2ccccc2)cc1. The van der Waals surface area contributed by atoms with E-state index in [1.54, 1.807) is 61.5 Å². The Bertz CT molecular complexity index is 1440. The van der Waals surface area contributed by atoms with E-state index in [2.05, 4.69) is 10.1 Å². The zero-order valence-corrected chi connectivity index (χ0v) is 21.3. The molecule has 0 radical (unpaired) electrons. The Labute approximate surface area is 227 Å². The first-order chi connectivity index (χ1) is 19.0. The molecular formula is C28H25F3N4O5. The van der Waals surface area contributed by atoms with Crippen molar-refractivity contribution in [1.82, 2.24) is 5.01 Å². The average Bonchev–Trinajstić information content (AvgIpc) is 3.31. The van der Waals surface area contributed by atoms with E-state index in [-0.39, 0.29) is 31.0 Å². The summed E-state index contributed by atoms with van der Waals surface area (Å²) in [5, 5.41) is 17.3. The first kappa shape index (κ1) is 28.3. The molecule has 40 heavy (non-hydrogen) atoms. The van der Waals surface area contributed by atoms with E-state index in [9.17, 15) is 27.9 Å². The number of ether oxygens (including phenoxy) is 2. The molecule has 1 amide bonds. The van der Waals surface area contributed by atoms with Crippen LogP contribution in [-0.2, 0) is 21.3 Å². The quantitative estimate of drug-likeness (QED) is 0.259. The van der Waals surface area contributed by atoms with Gasteiger partial charge in [0.25, 0.3) is 5.91 Å². The van der Waals surface area contributed by atoms with Gasteiger partial charge in [-0.25, -0.2) is 9.80 Å². The van der Waals surface area contributed by atoms with Gasteiger partial charge in [-0.05, 0) is 55.0 Å². The summed E-state index contributed by atoms with van der Waals surface area (Å²) in [6.07, 6.45) is -4.63. The van der Waals surface area contributed by atoms with E-state index in [1.165, 1.54) is 6.07 Å². The highest BCUT2D eigenvalue weighted by atomic mass is 19.4. The lowest BCUT2D eigenvalue weighted by Crippen LogP contribution is -2.42. The van der Waals surface area contributed by atoms with Crippen molar-refractivity contribution in [3.8, 4) is 5.75 Å². The molecule has 208 valence electrons. The standard InChI is InChI=1S/C28H25F3N4O5/c1-2-39-23(36)16-40-22-13-11-18(12-14-22)24-27(38,20-8-4-3-5-9-20)17-35(34-24)26(32)33-25(37)19-7-6-10-21(15-19)28(29,30)31/h3-15,38H,2,16-17H2,1H3,(H2,32,33,37). The second kappa shape index (κ2) is 11.6. The number of nitrogens with zero attached hydrogens (tertiary/aromatic N) is 3. The number of esters is 1. The lowest BCUT2D eigenvalue weighted by atomic mass is 9.86. The van der Waals surface area contributed by atoms with Gasteiger partial charge in [-0.1, -0.05) is 36.4 Å². The second-order valence-corrected chi connectivity index (χ2v) is 8.70. The first-order valence-corrected chi connectivity index (χ1v) is 12.1. The molecule has 0 aliphatic carbocycles. The topological polar surface area (TPSA) is 127 Å². The highest BCUT2D eigenvalue weighted by molar-refractivity contribution is 6.10. The zero-order valence-electron chi connectivity index (χ0n) is 21.3. The first-order valence-electron chi connectivity index (χ1n) is 12.1. The Balaban J connectivity index is 1.63. The fourth-order valence-electron chi connectivity index (χ4n) is 4.01. The lowest BCUT2D eigenvalue weighted by molar-refractivity contribution is -0.145. The van der Waals surface area contributed by atoms with Gasteiger partial charge < -0.3 is 20.3 Å². The van der Waals surface area contributed by atoms with Crippen LogP contribution in [0.2, 0.25) is 0 Å². The Hall–Kier alpha value is -4.71. The summed E-state index contributed by atoms with van der Waals surface area (Å²) in [4.78, 5) is 27.9. The van der Waals surface area contributed by atoms with Gasteiger partial charge in [0.2, 0.25) is 5.96 Å². The van der Waals surface area contributed by atoms with Gasteiger partial charge in [0.1, 0.15) is 11.5 Å². The van der Waals surface area contributed by atoms with Crippen LogP contribution in [0.4, 0.5) is 13.2 Å². The highest BCUT2D eigenvalue weighted by Gasteiger charge is 2.44. The van der Waals surface area contributed by atoms with Crippen molar-refractivity contribution in [3.63, 3.8) is 0 Å². The van der Waals surface area contributed by atoms with E-state index in [1.807, 2.05) is 0 Å². The van der Waals surface area contributed by atoms with Crippen LogP contribution in [0.1, 0.15) is 34.0 Å². The number of aliphatic hydroxyl groups is 1. The van der Waals surface area contributed by atoms with Gasteiger partial charge in [0.15, 0.2) is 12.2 Å². The number of nitrogens with two attached hydrogens (primary N) is 1. The predicted octanol–water partition coefficient (Wildman–Crippen LogP) is 3.71. The van der Waals surface area contributed by atoms with Crippen molar-refractivity contribution in [2.24, 2.45) is 15.8 Å². The molecule has 1 unspecified atom stereocenters. The number of rotatable bonds is 7. The molecule has 4 rings (SSSR count). The Kier molecular flexibility index (Phi) is 8.19. The maximum atomic E-state index is 13.1. The molecule has 1 atom stereocenters. The van der Waals surface area contributed by atoms with Crippen LogP contribution in [-0.4, -0.2) is 53.4 Å². The molecule has 12 heteroatoms. The summed E-state index contributed by atoms with van der Waals surface area (Å²) in [5.74, 6) is -1.56. The Morgan fingerprint density at radius 1 is 1.07 bits per heavy atom. The van der Waals surface area contributed by atoms with Crippen LogP contribution in [0.25, 0.3) is 0 Å². The van der Waals surface area contributed by atoms with Crippen LogP contribution in [0.15, 0.2) is 89.0 Å². The molecule has 3 aromatic rings. The number of hydrazone groups is 1. The summed E-state index contributed by atoms with van der Waals surface area (Å²) >= 11 is 0. The molecule has 1 aliphatic rings. The normalized spacial score (nSPS) is 17.4. The maximum Gasteiger partial charge on any atom is 0.416 e. The van der Waals surface area contributed by atoms with E-state index >= 15 is 0 Å². The number of carbonyl (C=O) groups is 2. The smallest absolute Gasteiger partial charge is 0.416 e. The number of hydrogen-bond donors (Lipinski definition) is 2. The molecule has 0 saturated heterocycles. The van der Waals surface area contributed by atoms with Gasteiger partial charge in [-0.15, -0.1) is 0 Å². The number of benzene rings is 3. The van der Waals surface area contributed by atoms with Crippen molar-refractivity contribution >= 4 is 23.5 Å². The molecule has 3 aromatic carbocycles. The van der Waals surface area contributed by atoms with Crippen LogP contribution in [0.5, 0.6) is 5.75 Å². The van der Waals surface area contributed by atoms with Gasteiger partial charge >= 0.3 is 12.1 Å². The molecule has 0 aromatic heterocycles. The number of alkyl halides is 3. The molecule has 0 fully saturated rings. The third-order valence-electron chi connectivity index (χ3n) is 5.95. The number of β-amino-alcohol motifs (C(OH)–C–C–N with tert-alkyl or cyclic N) is 1. The second-order valence-electron chi connectivity index (χ2n) is 8.70. The van der Waals surface area contributed by atoms with E-state index in [0.717, 1.165) is 17.1 Å². The summed E-state index contributed by atoms with van der Waals surface area (Å²) < 4.78 is 49.5. The van der Waals surface area contributed by atoms with Crippen LogP contribution < -0.4 is 10.5 Å². The van der Waals surface area contributed by atoms with Crippen LogP contribution >= 0.6 is 0 Å². The lowest BCUT2D eigenvalue weighted by Gasteiger charge is -2.25. The van der Waals surface area contributed by atoms with Gasteiger partial charge in [-0.3, -0.25) is 4.79 Å². The van der Waals surface area contributed by atoms with Crippen molar-refractivity contribution in [3.05, 3.63) is 101 Å². The van der Waals surface area contributed by atoms with Crippen molar-refractivity contribution in [2.75, 3.05) is 19.8 Å². The number of guanidine groups is 1. The fraction of sp³-hybridized carbons (Fsp3) is 0.214. The Morgan fingerprint density at radius 2 is 1.77 bits per heavy atom. The zero-order chi connectivity index (χ0) is 28.9. The molecular weight excluding hydrogens is 529 g/mol. The molecule has 1 aliphatic heterocycles. The largest absolute Gasteiger partial charge is 0.482 e. The number of carbonyl (C=O) groups excluding carboxylic acids is 2. The third kappa shape index (κ3) is 6.29. The summed E-state index contributed by atoms with van der Waals surface area (Å²) in [7, 11) is 0. The molecule has 9 nitrogen and oxygen atoms in total. The number of aliphatic imine (C=N–C) groups is 1. The third-order valence-corrected chi connectivity index (χ3v) is 5.95. The number of hydrogen-bond acceptors (Lipinski definition) is 6.